The molecule has 18 heavy (non-hydrogen) atoms. The third-order valence-electron chi connectivity index (χ3n) is 3.07. The highest BCUT2D eigenvalue weighted by atomic mass is 32.2. The van der Waals surface area contributed by atoms with Crippen LogP contribution in [0.4, 0.5) is 0 Å². The molecule has 0 spiro atoms. The molecular weight excluding hydrogens is 270 g/mol. The van der Waals surface area contributed by atoms with E-state index < -0.39 is 10.0 Å². The largest absolute Gasteiger partial charge is 0.314 e. The van der Waals surface area contributed by atoms with E-state index in [9.17, 15) is 8.42 Å². The van der Waals surface area contributed by atoms with Crippen LogP contribution in [-0.2, 0) is 16.6 Å². The second kappa shape index (κ2) is 6.60. The molecule has 102 valence electrons. The summed E-state index contributed by atoms with van der Waals surface area (Å²) >= 11 is 1.46. The Hall–Kier alpha value is -0.500. The summed E-state index contributed by atoms with van der Waals surface area (Å²) in [5, 5.41) is 6.00. The Morgan fingerprint density at radius 1 is 1.50 bits per heavy atom. The molecule has 2 rings (SSSR count). The summed E-state index contributed by atoms with van der Waals surface area (Å²) in [6, 6.07) is 0.357. The fourth-order valence-electron chi connectivity index (χ4n) is 2.05. The smallest absolute Gasteiger partial charge is 0.212 e. The second-order valence-electron chi connectivity index (χ2n) is 4.50. The topological polar surface area (TPSA) is 71.1 Å². The van der Waals surface area contributed by atoms with Crippen molar-refractivity contribution < 1.29 is 8.42 Å². The first-order valence-corrected chi connectivity index (χ1v) is 8.78. The summed E-state index contributed by atoms with van der Waals surface area (Å²) in [6.07, 6.45) is 5.85. The van der Waals surface area contributed by atoms with Crippen LogP contribution in [0.5, 0.6) is 0 Å². The van der Waals surface area contributed by atoms with Crippen LogP contribution < -0.4 is 10.0 Å². The summed E-state index contributed by atoms with van der Waals surface area (Å²) in [4.78, 5) is 4.05. The number of piperidine rings is 1. The van der Waals surface area contributed by atoms with E-state index in [1.54, 1.807) is 6.20 Å². The zero-order chi connectivity index (χ0) is 12.8. The van der Waals surface area contributed by atoms with Gasteiger partial charge in [-0.2, -0.15) is 0 Å². The first-order valence-electron chi connectivity index (χ1n) is 6.25. The van der Waals surface area contributed by atoms with Gasteiger partial charge in [-0.15, -0.1) is 11.3 Å². The van der Waals surface area contributed by atoms with Crippen molar-refractivity contribution in [1.82, 2.24) is 15.0 Å². The molecule has 5 nitrogen and oxygen atoms in total. The van der Waals surface area contributed by atoms with Gasteiger partial charge in [0.15, 0.2) is 0 Å². The monoisotopic (exact) mass is 289 g/mol. The molecule has 0 aromatic carbocycles. The van der Waals surface area contributed by atoms with Crippen LogP contribution in [0.25, 0.3) is 0 Å². The second-order valence-corrected chi connectivity index (χ2v) is 7.41. The van der Waals surface area contributed by atoms with E-state index in [1.807, 2.05) is 5.38 Å². The molecule has 0 saturated carbocycles. The molecule has 7 heteroatoms. The van der Waals surface area contributed by atoms with Gasteiger partial charge in [0.2, 0.25) is 10.0 Å². The Morgan fingerprint density at radius 3 is 3.06 bits per heavy atom. The van der Waals surface area contributed by atoms with Crippen molar-refractivity contribution in [3.63, 3.8) is 0 Å². The molecule has 1 aliphatic rings. The fraction of sp³-hybridized carbons (Fsp3) is 0.727. The average Bonchev–Trinajstić information content (AvgIpc) is 2.89. The van der Waals surface area contributed by atoms with Crippen LogP contribution in [0.2, 0.25) is 0 Å². The van der Waals surface area contributed by atoms with Crippen molar-refractivity contribution in [1.29, 1.82) is 0 Å². The number of hydrogen-bond donors (Lipinski definition) is 2. The minimum Gasteiger partial charge on any atom is -0.314 e. The zero-order valence-corrected chi connectivity index (χ0v) is 11.9. The number of thiazole rings is 1. The minimum absolute atomic E-state index is 0.191. The number of sulfonamides is 1. The Morgan fingerprint density at radius 2 is 2.39 bits per heavy atom. The van der Waals surface area contributed by atoms with Gasteiger partial charge in [-0.25, -0.2) is 18.1 Å². The van der Waals surface area contributed by atoms with Crippen molar-refractivity contribution in [3.8, 4) is 0 Å². The van der Waals surface area contributed by atoms with Crippen LogP contribution >= 0.6 is 11.3 Å². The third kappa shape index (κ3) is 4.64. The Kier molecular flexibility index (Phi) is 5.11. The Balaban J connectivity index is 1.73. The van der Waals surface area contributed by atoms with E-state index in [0.717, 1.165) is 18.0 Å². The number of hydrogen-bond acceptors (Lipinski definition) is 5. The van der Waals surface area contributed by atoms with E-state index in [0.29, 0.717) is 19.0 Å². The molecule has 1 aliphatic heterocycles. The molecule has 0 bridgehead atoms. The van der Waals surface area contributed by atoms with E-state index in [2.05, 4.69) is 15.0 Å². The standard InChI is InChI=1S/C11H19N3O2S2/c15-18(16,14-9-11-13-6-7-17-11)8-4-10-3-1-2-5-12-10/h6-7,10,12,14H,1-5,8-9H2. The van der Waals surface area contributed by atoms with Gasteiger partial charge in [-0.3, -0.25) is 0 Å². The van der Waals surface area contributed by atoms with E-state index in [4.69, 9.17) is 0 Å². The van der Waals surface area contributed by atoms with Gasteiger partial charge in [0.1, 0.15) is 5.01 Å². The molecule has 0 radical (unpaired) electrons. The maximum Gasteiger partial charge on any atom is 0.212 e. The van der Waals surface area contributed by atoms with Crippen LogP contribution in [0.15, 0.2) is 11.6 Å². The SMILES string of the molecule is O=S(=O)(CCC1CCCCN1)NCc1nccs1. The van der Waals surface area contributed by atoms with Gasteiger partial charge >= 0.3 is 0 Å². The van der Waals surface area contributed by atoms with Crippen molar-refractivity contribution in [3.05, 3.63) is 16.6 Å². The molecule has 2 heterocycles. The molecule has 0 amide bonds. The zero-order valence-electron chi connectivity index (χ0n) is 10.3. The summed E-state index contributed by atoms with van der Waals surface area (Å²) in [6.45, 7) is 1.31. The maximum atomic E-state index is 11.8. The molecular formula is C11H19N3O2S2. The normalized spacial score (nSPS) is 21.0. The van der Waals surface area contributed by atoms with Crippen molar-refractivity contribution in [2.75, 3.05) is 12.3 Å². The van der Waals surface area contributed by atoms with Crippen LogP contribution in [0.3, 0.4) is 0 Å². The van der Waals surface area contributed by atoms with Crippen LogP contribution in [0.1, 0.15) is 30.7 Å². The summed E-state index contributed by atoms with van der Waals surface area (Å²) in [7, 11) is -3.18. The highest BCUT2D eigenvalue weighted by Crippen LogP contribution is 2.11. The van der Waals surface area contributed by atoms with Gasteiger partial charge in [0.05, 0.1) is 12.3 Å². The molecule has 1 aromatic rings. The summed E-state index contributed by atoms with van der Waals surface area (Å²) < 4.78 is 26.2. The lowest BCUT2D eigenvalue weighted by Crippen LogP contribution is -2.37. The van der Waals surface area contributed by atoms with Gasteiger partial charge in [-0.1, -0.05) is 6.42 Å². The van der Waals surface area contributed by atoms with Crippen molar-refractivity contribution in [2.45, 2.75) is 38.3 Å². The molecule has 1 unspecified atom stereocenters. The van der Waals surface area contributed by atoms with Gasteiger partial charge in [-0.05, 0) is 25.8 Å². The molecule has 1 aromatic heterocycles. The lowest BCUT2D eigenvalue weighted by molar-refractivity contribution is 0.392. The van der Waals surface area contributed by atoms with Gasteiger partial charge < -0.3 is 5.32 Å². The highest BCUT2D eigenvalue weighted by Gasteiger charge is 2.17. The predicted octanol–water partition coefficient (Wildman–Crippen LogP) is 1.09. The van der Waals surface area contributed by atoms with E-state index in [-0.39, 0.29) is 5.75 Å². The average molecular weight is 289 g/mol. The van der Waals surface area contributed by atoms with Crippen LogP contribution in [-0.4, -0.2) is 31.7 Å². The molecule has 1 atom stereocenters. The minimum atomic E-state index is -3.18. The fourth-order valence-corrected chi connectivity index (χ4v) is 3.80. The number of nitrogens with zero attached hydrogens (tertiary/aromatic N) is 1. The first kappa shape index (κ1) is 13.9. The number of nitrogens with one attached hydrogen (secondary N) is 2. The first-order chi connectivity index (χ1) is 8.66. The summed E-state index contributed by atoms with van der Waals surface area (Å²) in [5.74, 6) is 0.191. The summed E-state index contributed by atoms with van der Waals surface area (Å²) in [5.41, 5.74) is 0. The maximum absolute atomic E-state index is 11.8. The van der Waals surface area contributed by atoms with Crippen molar-refractivity contribution in [2.24, 2.45) is 0 Å². The third-order valence-corrected chi connectivity index (χ3v) is 5.21. The van der Waals surface area contributed by atoms with E-state index >= 15 is 0 Å². The van der Waals surface area contributed by atoms with Gasteiger partial charge in [0, 0.05) is 17.6 Å². The molecule has 2 N–H and O–H groups in total. The van der Waals surface area contributed by atoms with E-state index in [1.165, 1.54) is 24.2 Å². The number of rotatable bonds is 6. The Bertz CT molecular complexity index is 439. The quantitative estimate of drug-likeness (QED) is 0.822. The highest BCUT2D eigenvalue weighted by molar-refractivity contribution is 7.89. The predicted molar refractivity (Wildman–Crippen MR) is 73.0 cm³/mol. The Labute approximate surface area is 112 Å². The number of aromatic nitrogens is 1. The molecule has 1 saturated heterocycles. The lowest BCUT2D eigenvalue weighted by atomic mass is 10.0. The molecule has 0 aliphatic carbocycles. The van der Waals surface area contributed by atoms with Crippen molar-refractivity contribution >= 4 is 21.4 Å². The van der Waals surface area contributed by atoms with Crippen LogP contribution in [0, 0.1) is 0 Å². The van der Waals surface area contributed by atoms with Gasteiger partial charge in [0.25, 0.3) is 0 Å². The molecule has 1 fully saturated rings. The lowest BCUT2D eigenvalue weighted by Gasteiger charge is -2.23.